The molecule has 3 rings (SSSR count). The summed E-state index contributed by atoms with van der Waals surface area (Å²) in [6, 6.07) is 14.2. The summed E-state index contributed by atoms with van der Waals surface area (Å²) in [5, 5.41) is 2.82. The van der Waals surface area contributed by atoms with E-state index in [4.69, 9.17) is 4.74 Å². The number of carbonyl (C=O) groups is 2. The predicted molar refractivity (Wildman–Crippen MR) is 79.7 cm³/mol. The van der Waals surface area contributed by atoms with Crippen LogP contribution < -0.4 is 15.0 Å². The van der Waals surface area contributed by atoms with Crippen LogP contribution in [0.2, 0.25) is 0 Å². The van der Waals surface area contributed by atoms with E-state index in [1.54, 1.807) is 49.5 Å². The number of amides is 2. The fourth-order valence-corrected chi connectivity index (χ4v) is 2.23. The molecular formula is C16H14N2O3. The Balaban J connectivity index is 1.94. The monoisotopic (exact) mass is 282 g/mol. The molecule has 0 saturated heterocycles. The van der Waals surface area contributed by atoms with Crippen molar-refractivity contribution in [2.75, 3.05) is 23.9 Å². The van der Waals surface area contributed by atoms with E-state index >= 15 is 0 Å². The van der Waals surface area contributed by atoms with Crippen molar-refractivity contribution in [3.05, 3.63) is 54.1 Å². The van der Waals surface area contributed by atoms with E-state index in [0.29, 0.717) is 22.7 Å². The molecule has 5 nitrogen and oxygen atoms in total. The van der Waals surface area contributed by atoms with Crippen LogP contribution in [0.15, 0.2) is 48.5 Å². The Morgan fingerprint density at radius 3 is 2.67 bits per heavy atom. The third-order valence-electron chi connectivity index (χ3n) is 3.34. The second kappa shape index (κ2) is 5.28. The number of para-hydroxylation sites is 1. The molecule has 0 spiro atoms. The SMILES string of the molecule is CN1C(=O)COc2cccc(NC(=O)c3ccccc3)c21. The Kier molecular flexibility index (Phi) is 3.31. The van der Waals surface area contributed by atoms with Crippen molar-refractivity contribution in [1.29, 1.82) is 0 Å². The zero-order valence-corrected chi connectivity index (χ0v) is 11.5. The molecule has 0 saturated carbocycles. The van der Waals surface area contributed by atoms with Gasteiger partial charge in [-0.1, -0.05) is 24.3 Å². The van der Waals surface area contributed by atoms with Crippen molar-refractivity contribution in [3.8, 4) is 5.75 Å². The molecule has 0 bridgehead atoms. The molecule has 0 atom stereocenters. The van der Waals surface area contributed by atoms with Gasteiger partial charge in [0.1, 0.15) is 11.4 Å². The topological polar surface area (TPSA) is 58.6 Å². The van der Waals surface area contributed by atoms with E-state index in [1.165, 1.54) is 4.90 Å². The van der Waals surface area contributed by atoms with Crippen molar-refractivity contribution in [3.63, 3.8) is 0 Å². The van der Waals surface area contributed by atoms with E-state index in [0.717, 1.165) is 0 Å². The molecule has 2 aromatic rings. The van der Waals surface area contributed by atoms with Gasteiger partial charge in [-0.05, 0) is 24.3 Å². The molecule has 2 amide bonds. The first-order valence-corrected chi connectivity index (χ1v) is 6.55. The highest BCUT2D eigenvalue weighted by atomic mass is 16.5. The first kappa shape index (κ1) is 13.2. The molecule has 1 heterocycles. The van der Waals surface area contributed by atoms with E-state index < -0.39 is 0 Å². The lowest BCUT2D eigenvalue weighted by molar-refractivity contribution is -0.120. The third kappa shape index (κ3) is 2.45. The van der Waals surface area contributed by atoms with Gasteiger partial charge in [-0.15, -0.1) is 0 Å². The smallest absolute Gasteiger partial charge is 0.264 e. The van der Waals surface area contributed by atoms with E-state index in [-0.39, 0.29) is 18.4 Å². The van der Waals surface area contributed by atoms with Crippen molar-refractivity contribution < 1.29 is 14.3 Å². The number of benzene rings is 2. The number of ether oxygens (including phenoxy) is 1. The number of hydrogen-bond donors (Lipinski definition) is 1. The quantitative estimate of drug-likeness (QED) is 0.919. The van der Waals surface area contributed by atoms with Crippen LogP contribution in [-0.4, -0.2) is 25.5 Å². The second-order valence-corrected chi connectivity index (χ2v) is 4.71. The number of rotatable bonds is 2. The number of hydrogen-bond acceptors (Lipinski definition) is 3. The number of fused-ring (bicyclic) bond motifs is 1. The molecular weight excluding hydrogens is 268 g/mol. The minimum Gasteiger partial charge on any atom is -0.481 e. The van der Waals surface area contributed by atoms with Gasteiger partial charge in [0, 0.05) is 12.6 Å². The van der Waals surface area contributed by atoms with Crippen LogP contribution >= 0.6 is 0 Å². The van der Waals surface area contributed by atoms with Gasteiger partial charge in [0.25, 0.3) is 11.8 Å². The summed E-state index contributed by atoms with van der Waals surface area (Å²) < 4.78 is 5.39. The highest BCUT2D eigenvalue weighted by Gasteiger charge is 2.25. The second-order valence-electron chi connectivity index (χ2n) is 4.71. The summed E-state index contributed by atoms with van der Waals surface area (Å²) in [4.78, 5) is 25.5. The molecule has 1 aliphatic heterocycles. The molecule has 2 aromatic carbocycles. The van der Waals surface area contributed by atoms with Gasteiger partial charge in [0.05, 0.1) is 5.69 Å². The zero-order chi connectivity index (χ0) is 14.8. The van der Waals surface area contributed by atoms with E-state index in [2.05, 4.69) is 5.32 Å². The van der Waals surface area contributed by atoms with Crippen LogP contribution in [0.3, 0.4) is 0 Å². The lowest BCUT2D eigenvalue weighted by atomic mass is 10.1. The predicted octanol–water partition coefficient (Wildman–Crippen LogP) is 2.29. The maximum atomic E-state index is 12.2. The van der Waals surface area contributed by atoms with Crippen LogP contribution in [-0.2, 0) is 4.79 Å². The summed E-state index contributed by atoms with van der Waals surface area (Å²) in [6.07, 6.45) is 0. The highest BCUT2D eigenvalue weighted by Crippen LogP contribution is 2.38. The summed E-state index contributed by atoms with van der Waals surface area (Å²) in [5.41, 5.74) is 1.69. The third-order valence-corrected chi connectivity index (χ3v) is 3.34. The van der Waals surface area contributed by atoms with Gasteiger partial charge >= 0.3 is 0 Å². The van der Waals surface area contributed by atoms with Gasteiger partial charge in [0.15, 0.2) is 6.61 Å². The molecule has 21 heavy (non-hydrogen) atoms. The first-order chi connectivity index (χ1) is 10.2. The Morgan fingerprint density at radius 1 is 1.14 bits per heavy atom. The van der Waals surface area contributed by atoms with Crippen LogP contribution in [0.5, 0.6) is 5.75 Å². The number of nitrogens with one attached hydrogen (secondary N) is 1. The zero-order valence-electron chi connectivity index (χ0n) is 11.5. The van der Waals surface area contributed by atoms with Gasteiger partial charge < -0.3 is 15.0 Å². The number of likely N-dealkylation sites (N-methyl/N-ethyl adjacent to an activating group) is 1. The molecule has 5 heteroatoms. The molecule has 0 unspecified atom stereocenters. The van der Waals surface area contributed by atoms with Crippen LogP contribution in [0, 0.1) is 0 Å². The standard InChI is InChI=1S/C16H14N2O3/c1-18-14(19)10-21-13-9-5-8-12(15(13)18)17-16(20)11-6-3-2-4-7-11/h2-9H,10H2,1H3,(H,17,20). The Hall–Kier alpha value is -2.82. The van der Waals surface area contributed by atoms with E-state index in [9.17, 15) is 9.59 Å². The fourth-order valence-electron chi connectivity index (χ4n) is 2.23. The molecule has 1 aliphatic rings. The summed E-state index contributed by atoms with van der Waals surface area (Å²) in [6.45, 7) is 0.0135. The first-order valence-electron chi connectivity index (χ1n) is 6.55. The van der Waals surface area contributed by atoms with Crippen LogP contribution in [0.4, 0.5) is 11.4 Å². The number of carbonyl (C=O) groups excluding carboxylic acids is 2. The van der Waals surface area contributed by atoms with Crippen molar-refractivity contribution in [1.82, 2.24) is 0 Å². The number of nitrogens with zero attached hydrogens (tertiary/aromatic N) is 1. The summed E-state index contributed by atoms with van der Waals surface area (Å²) in [5.74, 6) is 0.210. The van der Waals surface area contributed by atoms with Crippen molar-refractivity contribution in [2.24, 2.45) is 0 Å². The van der Waals surface area contributed by atoms with Gasteiger partial charge in [-0.2, -0.15) is 0 Å². The highest BCUT2D eigenvalue weighted by molar-refractivity contribution is 6.09. The van der Waals surface area contributed by atoms with Crippen molar-refractivity contribution >= 4 is 23.2 Å². The average Bonchev–Trinajstić information content (AvgIpc) is 2.52. The van der Waals surface area contributed by atoms with E-state index in [1.807, 2.05) is 6.07 Å². The molecule has 0 aromatic heterocycles. The lowest BCUT2D eigenvalue weighted by Gasteiger charge is -2.28. The maximum absolute atomic E-state index is 12.2. The number of anilines is 2. The van der Waals surface area contributed by atoms with Gasteiger partial charge in [-0.25, -0.2) is 0 Å². The fraction of sp³-hybridized carbons (Fsp3) is 0.125. The van der Waals surface area contributed by atoms with Crippen LogP contribution in [0.25, 0.3) is 0 Å². The largest absolute Gasteiger partial charge is 0.481 e. The molecule has 0 radical (unpaired) electrons. The summed E-state index contributed by atoms with van der Waals surface area (Å²) >= 11 is 0. The average molecular weight is 282 g/mol. The normalized spacial score (nSPS) is 13.4. The van der Waals surface area contributed by atoms with Gasteiger partial charge in [-0.3, -0.25) is 9.59 Å². The molecule has 1 N–H and O–H groups in total. The van der Waals surface area contributed by atoms with Crippen molar-refractivity contribution in [2.45, 2.75) is 0 Å². The Labute approximate surface area is 122 Å². The van der Waals surface area contributed by atoms with Gasteiger partial charge in [0.2, 0.25) is 0 Å². The Bertz CT molecular complexity index is 698. The lowest BCUT2D eigenvalue weighted by Crippen LogP contribution is -2.36. The molecule has 0 fully saturated rings. The minimum atomic E-state index is -0.226. The van der Waals surface area contributed by atoms with Crippen LogP contribution in [0.1, 0.15) is 10.4 Å². The summed E-state index contributed by atoms with van der Waals surface area (Å²) in [7, 11) is 1.67. The Morgan fingerprint density at radius 2 is 1.90 bits per heavy atom. The molecule has 106 valence electrons. The minimum absolute atomic E-state index is 0.0135. The maximum Gasteiger partial charge on any atom is 0.264 e. The molecule has 0 aliphatic carbocycles.